The van der Waals surface area contributed by atoms with Crippen LogP contribution in [0.25, 0.3) is 0 Å². The molecule has 2 unspecified atom stereocenters. The van der Waals surface area contributed by atoms with Gasteiger partial charge in [0, 0.05) is 5.41 Å². The van der Waals surface area contributed by atoms with Crippen molar-refractivity contribution in [3.8, 4) is 0 Å². The van der Waals surface area contributed by atoms with Crippen LogP contribution in [0.3, 0.4) is 0 Å². The predicted octanol–water partition coefficient (Wildman–Crippen LogP) is 2.41. The second-order valence-corrected chi connectivity index (χ2v) is 5.12. The number of nitrogens with zero attached hydrogens (tertiary/aromatic N) is 2. The zero-order valence-electron chi connectivity index (χ0n) is 10.2. The number of hydrogen-bond acceptors (Lipinski definition) is 4. The van der Waals surface area contributed by atoms with Gasteiger partial charge >= 0.3 is 0 Å². The Hall–Kier alpha value is -0.900. The molecule has 0 saturated heterocycles. The van der Waals surface area contributed by atoms with Crippen LogP contribution in [-0.2, 0) is 5.41 Å². The van der Waals surface area contributed by atoms with Gasteiger partial charge in [-0.25, -0.2) is 0 Å². The quantitative estimate of drug-likeness (QED) is 0.833. The van der Waals surface area contributed by atoms with Gasteiger partial charge in [-0.2, -0.15) is 4.98 Å². The molecule has 1 aromatic heterocycles. The van der Waals surface area contributed by atoms with Gasteiger partial charge in [0.2, 0.25) is 5.89 Å². The molecule has 0 aliphatic rings. The molecule has 15 heavy (non-hydrogen) atoms. The summed E-state index contributed by atoms with van der Waals surface area (Å²) < 4.78 is 5.19. The third-order valence-electron chi connectivity index (χ3n) is 2.65. The van der Waals surface area contributed by atoms with E-state index < -0.39 is 0 Å². The summed E-state index contributed by atoms with van der Waals surface area (Å²) in [6, 6.07) is -0.154. The molecule has 0 saturated carbocycles. The van der Waals surface area contributed by atoms with E-state index in [-0.39, 0.29) is 11.5 Å². The molecule has 1 heterocycles. The molecule has 86 valence electrons. The van der Waals surface area contributed by atoms with Gasteiger partial charge in [-0.1, -0.05) is 46.2 Å². The molecule has 0 spiro atoms. The lowest BCUT2D eigenvalue weighted by molar-refractivity contribution is 0.307. The van der Waals surface area contributed by atoms with E-state index in [4.69, 9.17) is 10.3 Å². The Morgan fingerprint density at radius 3 is 2.40 bits per heavy atom. The van der Waals surface area contributed by atoms with Gasteiger partial charge in [0.1, 0.15) is 0 Å². The average molecular weight is 211 g/mol. The van der Waals surface area contributed by atoms with E-state index in [1.807, 2.05) is 0 Å². The molecule has 4 nitrogen and oxygen atoms in total. The molecule has 1 aromatic rings. The molecule has 4 heteroatoms. The summed E-state index contributed by atoms with van der Waals surface area (Å²) in [6.45, 7) is 10.3. The highest BCUT2D eigenvalue weighted by molar-refractivity contribution is 5.02. The van der Waals surface area contributed by atoms with Crippen LogP contribution in [0.15, 0.2) is 4.52 Å². The predicted molar refractivity (Wildman–Crippen MR) is 59.4 cm³/mol. The second-order valence-electron chi connectivity index (χ2n) is 5.12. The summed E-state index contributed by atoms with van der Waals surface area (Å²) in [5, 5.41) is 3.96. The maximum atomic E-state index is 6.01. The second kappa shape index (κ2) is 4.31. The summed E-state index contributed by atoms with van der Waals surface area (Å²) in [5.74, 6) is 1.63. The van der Waals surface area contributed by atoms with Gasteiger partial charge in [-0.3, -0.25) is 0 Å². The normalized spacial score (nSPS) is 16.4. The standard InChI is InChI=1S/C11H21N3O/c1-6-7(2)8(12)9-13-10(14-15-9)11(3,4)5/h7-8H,6,12H2,1-5H3. The van der Waals surface area contributed by atoms with Crippen molar-refractivity contribution in [3.63, 3.8) is 0 Å². The van der Waals surface area contributed by atoms with Gasteiger partial charge in [-0.15, -0.1) is 0 Å². The number of rotatable bonds is 3. The van der Waals surface area contributed by atoms with E-state index in [1.165, 1.54) is 0 Å². The van der Waals surface area contributed by atoms with E-state index in [9.17, 15) is 0 Å². The maximum absolute atomic E-state index is 6.01. The molecule has 0 fully saturated rings. The fourth-order valence-electron chi connectivity index (χ4n) is 1.17. The summed E-state index contributed by atoms with van der Waals surface area (Å²) in [4.78, 5) is 4.35. The number of hydrogen-bond donors (Lipinski definition) is 1. The van der Waals surface area contributed by atoms with Crippen LogP contribution in [-0.4, -0.2) is 10.1 Å². The molecule has 0 amide bonds. The van der Waals surface area contributed by atoms with Crippen molar-refractivity contribution >= 4 is 0 Å². The molecule has 0 bridgehead atoms. The SMILES string of the molecule is CCC(C)C(N)c1nc(C(C)(C)C)no1. The largest absolute Gasteiger partial charge is 0.338 e. The monoisotopic (exact) mass is 211 g/mol. The number of nitrogens with two attached hydrogens (primary N) is 1. The lowest BCUT2D eigenvalue weighted by Crippen LogP contribution is -2.19. The van der Waals surface area contributed by atoms with E-state index in [1.54, 1.807) is 0 Å². The van der Waals surface area contributed by atoms with E-state index in [0.29, 0.717) is 11.8 Å². The van der Waals surface area contributed by atoms with Crippen molar-refractivity contribution in [3.05, 3.63) is 11.7 Å². The summed E-state index contributed by atoms with van der Waals surface area (Å²) in [5.41, 5.74) is 5.92. The maximum Gasteiger partial charge on any atom is 0.243 e. The summed E-state index contributed by atoms with van der Waals surface area (Å²) in [6.07, 6.45) is 1.01. The first kappa shape index (κ1) is 12.2. The van der Waals surface area contributed by atoms with Gasteiger partial charge in [0.05, 0.1) is 6.04 Å². The van der Waals surface area contributed by atoms with Crippen LogP contribution < -0.4 is 5.73 Å². The fourth-order valence-corrected chi connectivity index (χ4v) is 1.17. The van der Waals surface area contributed by atoms with Gasteiger partial charge < -0.3 is 10.3 Å². The van der Waals surface area contributed by atoms with Crippen LogP contribution in [0.4, 0.5) is 0 Å². The van der Waals surface area contributed by atoms with E-state index in [2.05, 4.69) is 44.8 Å². The van der Waals surface area contributed by atoms with Crippen molar-refractivity contribution in [1.82, 2.24) is 10.1 Å². The molecule has 1 rings (SSSR count). The topological polar surface area (TPSA) is 64.9 Å². The Kier molecular flexibility index (Phi) is 3.50. The molecular weight excluding hydrogens is 190 g/mol. The van der Waals surface area contributed by atoms with Crippen molar-refractivity contribution in [2.45, 2.75) is 52.5 Å². The van der Waals surface area contributed by atoms with Crippen LogP contribution in [0.5, 0.6) is 0 Å². The van der Waals surface area contributed by atoms with Crippen LogP contribution in [0.2, 0.25) is 0 Å². The highest BCUT2D eigenvalue weighted by atomic mass is 16.5. The van der Waals surface area contributed by atoms with Crippen molar-refractivity contribution < 1.29 is 4.52 Å². The van der Waals surface area contributed by atoms with Crippen LogP contribution >= 0.6 is 0 Å². The lowest BCUT2D eigenvalue weighted by atomic mass is 9.96. The van der Waals surface area contributed by atoms with Crippen molar-refractivity contribution in [2.24, 2.45) is 11.7 Å². The molecule has 0 aliphatic carbocycles. The van der Waals surface area contributed by atoms with E-state index >= 15 is 0 Å². The highest BCUT2D eigenvalue weighted by Crippen LogP contribution is 2.24. The summed E-state index contributed by atoms with van der Waals surface area (Å²) in [7, 11) is 0. The molecule has 0 aliphatic heterocycles. The van der Waals surface area contributed by atoms with Gasteiger partial charge in [-0.05, 0) is 5.92 Å². The molecule has 0 aromatic carbocycles. The Morgan fingerprint density at radius 1 is 1.40 bits per heavy atom. The van der Waals surface area contributed by atoms with Crippen LogP contribution in [0, 0.1) is 5.92 Å². The third kappa shape index (κ3) is 2.78. The zero-order valence-corrected chi connectivity index (χ0v) is 10.2. The first-order chi connectivity index (χ1) is 6.86. The van der Waals surface area contributed by atoms with Crippen LogP contribution in [0.1, 0.15) is 58.8 Å². The van der Waals surface area contributed by atoms with Gasteiger partial charge in [0.15, 0.2) is 5.82 Å². The molecule has 2 N–H and O–H groups in total. The molecule has 0 radical (unpaired) electrons. The molecule has 2 atom stereocenters. The number of aromatic nitrogens is 2. The Labute approximate surface area is 91.2 Å². The smallest absolute Gasteiger partial charge is 0.243 e. The minimum atomic E-state index is -0.154. The molecular formula is C11H21N3O. The minimum absolute atomic E-state index is 0.0864. The first-order valence-corrected chi connectivity index (χ1v) is 5.46. The average Bonchev–Trinajstić information content (AvgIpc) is 2.63. The van der Waals surface area contributed by atoms with Crippen molar-refractivity contribution in [1.29, 1.82) is 0 Å². The highest BCUT2D eigenvalue weighted by Gasteiger charge is 2.25. The summed E-state index contributed by atoms with van der Waals surface area (Å²) >= 11 is 0. The van der Waals surface area contributed by atoms with Crippen molar-refractivity contribution in [2.75, 3.05) is 0 Å². The Balaban J connectivity index is 2.85. The first-order valence-electron chi connectivity index (χ1n) is 5.46. The lowest BCUT2D eigenvalue weighted by Gasteiger charge is -2.14. The van der Waals surface area contributed by atoms with E-state index in [0.717, 1.165) is 12.2 Å². The Morgan fingerprint density at radius 2 is 2.00 bits per heavy atom. The minimum Gasteiger partial charge on any atom is -0.338 e. The van der Waals surface area contributed by atoms with Gasteiger partial charge in [0.25, 0.3) is 0 Å². The zero-order chi connectivity index (χ0) is 11.6. The fraction of sp³-hybridized carbons (Fsp3) is 0.818. The Bertz CT molecular complexity index is 314. The third-order valence-corrected chi connectivity index (χ3v) is 2.65.